The minimum Gasteiger partial charge on any atom is -0.296 e. The van der Waals surface area contributed by atoms with Crippen LogP contribution in [0.5, 0.6) is 0 Å². The number of hydrogen-bond acceptors (Lipinski definition) is 5. The van der Waals surface area contributed by atoms with Gasteiger partial charge in [-0.05, 0) is 6.92 Å². The molecule has 19 heavy (non-hydrogen) atoms. The molecule has 4 nitrogen and oxygen atoms in total. The highest BCUT2D eigenvalue weighted by molar-refractivity contribution is 7.16. The van der Waals surface area contributed by atoms with Gasteiger partial charge in [0.1, 0.15) is 5.69 Å². The van der Waals surface area contributed by atoms with Crippen molar-refractivity contribution >= 4 is 45.3 Å². The van der Waals surface area contributed by atoms with E-state index in [4.69, 9.17) is 11.6 Å². The lowest BCUT2D eigenvalue weighted by Crippen LogP contribution is -2.15. The van der Waals surface area contributed by atoms with Gasteiger partial charge >= 0.3 is 0 Å². The number of anilines is 1. The molecule has 0 radical (unpaired) electrons. The third-order valence-electron chi connectivity index (χ3n) is 2.48. The van der Waals surface area contributed by atoms with Gasteiger partial charge in [0.2, 0.25) is 0 Å². The first-order valence-corrected chi connectivity index (χ1v) is 7.75. The Hall–Kier alpha value is -0.980. The number of thiazole rings is 2. The zero-order valence-electron chi connectivity index (χ0n) is 11.1. The van der Waals surface area contributed by atoms with Crippen molar-refractivity contribution in [3.63, 3.8) is 0 Å². The molecule has 2 heterocycles. The van der Waals surface area contributed by atoms with E-state index in [-0.39, 0.29) is 11.3 Å². The van der Waals surface area contributed by atoms with Gasteiger partial charge in [0, 0.05) is 15.7 Å². The second-order valence-corrected chi connectivity index (χ2v) is 7.76. The summed E-state index contributed by atoms with van der Waals surface area (Å²) in [5.74, 6) is -0.268. The van der Waals surface area contributed by atoms with Crippen LogP contribution < -0.4 is 5.32 Å². The molecular weight excluding hydrogens is 302 g/mol. The lowest BCUT2D eigenvalue weighted by atomic mass is 9.93. The maximum Gasteiger partial charge on any atom is 0.277 e. The normalized spacial score (nSPS) is 11.6. The highest BCUT2D eigenvalue weighted by Crippen LogP contribution is 2.27. The number of amides is 1. The monoisotopic (exact) mass is 315 g/mol. The first-order chi connectivity index (χ1) is 8.77. The first-order valence-electron chi connectivity index (χ1n) is 5.67. The number of halogens is 1. The molecule has 0 spiro atoms. The SMILES string of the molecule is Cc1sc(Cl)nc1C(=O)Nc1nc(C(C)(C)C)cs1. The second kappa shape index (κ2) is 5.19. The molecule has 1 amide bonds. The molecule has 0 saturated heterocycles. The molecule has 2 rings (SSSR count). The summed E-state index contributed by atoms with van der Waals surface area (Å²) in [7, 11) is 0. The summed E-state index contributed by atoms with van der Waals surface area (Å²) in [5, 5.41) is 5.30. The Kier molecular flexibility index (Phi) is 3.94. The minimum absolute atomic E-state index is 0.0284. The third kappa shape index (κ3) is 3.32. The van der Waals surface area contributed by atoms with E-state index in [0.717, 1.165) is 10.6 Å². The summed E-state index contributed by atoms with van der Waals surface area (Å²) < 4.78 is 0.372. The number of aryl methyl sites for hydroxylation is 1. The molecule has 0 aliphatic heterocycles. The lowest BCUT2D eigenvalue weighted by Gasteiger charge is -2.14. The molecular formula is C12H14ClN3OS2. The number of aromatic nitrogens is 2. The summed E-state index contributed by atoms with van der Waals surface area (Å²) in [4.78, 5) is 21.3. The Bertz CT molecular complexity index is 613. The van der Waals surface area contributed by atoms with Gasteiger partial charge in [-0.3, -0.25) is 10.1 Å². The molecule has 0 fully saturated rings. The fourth-order valence-corrected chi connectivity index (χ4v) is 3.40. The summed E-state index contributed by atoms with van der Waals surface area (Å²) >= 11 is 8.50. The molecule has 0 aliphatic rings. The van der Waals surface area contributed by atoms with Gasteiger partial charge in [-0.25, -0.2) is 9.97 Å². The van der Waals surface area contributed by atoms with Crippen molar-refractivity contribution in [2.75, 3.05) is 5.32 Å². The average Bonchev–Trinajstić information content (AvgIpc) is 2.84. The van der Waals surface area contributed by atoms with Crippen LogP contribution in [0.3, 0.4) is 0 Å². The van der Waals surface area contributed by atoms with Crippen LogP contribution in [0.1, 0.15) is 41.8 Å². The predicted octanol–water partition coefficient (Wildman–Crippen LogP) is 4.11. The Morgan fingerprint density at radius 3 is 2.53 bits per heavy atom. The third-order valence-corrected chi connectivity index (χ3v) is 4.31. The van der Waals surface area contributed by atoms with E-state index in [9.17, 15) is 4.79 Å². The van der Waals surface area contributed by atoms with Gasteiger partial charge in [-0.15, -0.1) is 22.7 Å². The average molecular weight is 316 g/mol. The molecule has 0 unspecified atom stereocenters. The second-order valence-electron chi connectivity index (χ2n) is 5.11. The van der Waals surface area contributed by atoms with Crippen LogP contribution in [0, 0.1) is 6.92 Å². The van der Waals surface area contributed by atoms with Crippen molar-refractivity contribution in [3.05, 3.63) is 26.1 Å². The van der Waals surface area contributed by atoms with E-state index in [1.165, 1.54) is 22.7 Å². The van der Waals surface area contributed by atoms with E-state index in [1.54, 1.807) is 0 Å². The summed E-state index contributed by atoms with van der Waals surface area (Å²) in [6, 6.07) is 0. The number of nitrogens with zero attached hydrogens (tertiary/aromatic N) is 2. The van der Waals surface area contributed by atoms with Crippen LogP contribution in [0.4, 0.5) is 5.13 Å². The van der Waals surface area contributed by atoms with Crippen LogP contribution in [-0.2, 0) is 5.41 Å². The molecule has 102 valence electrons. The van der Waals surface area contributed by atoms with Crippen molar-refractivity contribution in [1.29, 1.82) is 0 Å². The van der Waals surface area contributed by atoms with Crippen LogP contribution in [0.25, 0.3) is 0 Å². The zero-order chi connectivity index (χ0) is 14.2. The number of carbonyl (C=O) groups excluding carboxylic acids is 1. The van der Waals surface area contributed by atoms with E-state index < -0.39 is 0 Å². The molecule has 0 atom stereocenters. The van der Waals surface area contributed by atoms with Crippen molar-refractivity contribution < 1.29 is 4.79 Å². The molecule has 0 aliphatic carbocycles. The van der Waals surface area contributed by atoms with Gasteiger partial charge in [0.15, 0.2) is 9.60 Å². The quantitative estimate of drug-likeness (QED) is 0.907. The highest BCUT2D eigenvalue weighted by Gasteiger charge is 2.20. The van der Waals surface area contributed by atoms with Gasteiger partial charge < -0.3 is 0 Å². The summed E-state index contributed by atoms with van der Waals surface area (Å²) in [5.41, 5.74) is 1.29. The minimum atomic E-state index is -0.268. The van der Waals surface area contributed by atoms with Gasteiger partial charge in [-0.2, -0.15) is 0 Å². The van der Waals surface area contributed by atoms with Crippen molar-refractivity contribution in [1.82, 2.24) is 9.97 Å². The standard InChI is InChI=1S/C12H14ClN3OS2/c1-6-8(15-10(13)19-6)9(17)16-11-14-7(5-18-11)12(2,3)4/h5H,1-4H3,(H,14,16,17). The van der Waals surface area contributed by atoms with Crippen molar-refractivity contribution in [2.24, 2.45) is 0 Å². The number of carbonyl (C=O) groups is 1. The maximum absolute atomic E-state index is 12.0. The summed E-state index contributed by atoms with van der Waals surface area (Å²) in [6.45, 7) is 8.06. The highest BCUT2D eigenvalue weighted by atomic mass is 35.5. The molecule has 0 saturated carbocycles. The number of nitrogens with one attached hydrogen (secondary N) is 1. The maximum atomic E-state index is 12.0. The number of rotatable bonds is 2. The fourth-order valence-electron chi connectivity index (χ4n) is 1.41. The Morgan fingerprint density at radius 1 is 1.37 bits per heavy atom. The topological polar surface area (TPSA) is 54.9 Å². The van der Waals surface area contributed by atoms with Gasteiger partial charge in [0.25, 0.3) is 5.91 Å². The van der Waals surface area contributed by atoms with Crippen LogP contribution in [0.2, 0.25) is 4.47 Å². The smallest absolute Gasteiger partial charge is 0.277 e. The Morgan fingerprint density at radius 2 is 2.05 bits per heavy atom. The van der Waals surface area contributed by atoms with Crippen molar-refractivity contribution in [3.8, 4) is 0 Å². The molecule has 1 N–H and O–H groups in total. The van der Waals surface area contributed by atoms with E-state index >= 15 is 0 Å². The van der Waals surface area contributed by atoms with Crippen LogP contribution >= 0.6 is 34.3 Å². The Labute approximate surface area is 124 Å². The predicted molar refractivity (Wildman–Crippen MR) is 80.6 cm³/mol. The van der Waals surface area contributed by atoms with Crippen LogP contribution in [-0.4, -0.2) is 15.9 Å². The molecule has 2 aromatic rings. The first kappa shape index (κ1) is 14.4. The summed E-state index contributed by atoms with van der Waals surface area (Å²) in [6.07, 6.45) is 0. The molecule has 0 aromatic carbocycles. The van der Waals surface area contributed by atoms with Crippen molar-refractivity contribution in [2.45, 2.75) is 33.1 Å². The van der Waals surface area contributed by atoms with E-state index in [1.807, 2.05) is 12.3 Å². The van der Waals surface area contributed by atoms with E-state index in [0.29, 0.717) is 15.3 Å². The lowest BCUT2D eigenvalue weighted by molar-refractivity contribution is 0.102. The van der Waals surface area contributed by atoms with Gasteiger partial charge in [0.05, 0.1) is 5.69 Å². The molecule has 2 aromatic heterocycles. The van der Waals surface area contributed by atoms with Crippen LogP contribution in [0.15, 0.2) is 5.38 Å². The molecule has 0 bridgehead atoms. The van der Waals surface area contributed by atoms with E-state index in [2.05, 4.69) is 36.1 Å². The Balaban J connectivity index is 2.16. The zero-order valence-corrected chi connectivity index (χ0v) is 13.5. The van der Waals surface area contributed by atoms with Gasteiger partial charge in [-0.1, -0.05) is 32.4 Å². The molecule has 7 heteroatoms. The largest absolute Gasteiger partial charge is 0.296 e. The number of hydrogen-bond donors (Lipinski definition) is 1. The fraction of sp³-hybridized carbons (Fsp3) is 0.417.